The minimum Gasteiger partial charge on any atom is -0.394 e. The number of aliphatic hydroxyl groups is 1. The van der Waals surface area contributed by atoms with Crippen LogP contribution in [-0.2, 0) is 0 Å². The lowest BCUT2D eigenvalue weighted by molar-refractivity contribution is 0.171. The SMILES string of the molecule is CN(C)C(CO)c1ccc(Cl)cc1Cl. The fourth-order valence-electron chi connectivity index (χ4n) is 1.31. The highest BCUT2D eigenvalue weighted by Gasteiger charge is 2.15. The summed E-state index contributed by atoms with van der Waals surface area (Å²) in [6.45, 7) is 0.0361. The number of aliphatic hydroxyl groups excluding tert-OH is 1. The fourth-order valence-corrected chi connectivity index (χ4v) is 1.85. The van der Waals surface area contributed by atoms with Gasteiger partial charge in [0.25, 0.3) is 0 Å². The Kier molecular flexibility index (Phi) is 4.20. The molecule has 0 heterocycles. The average Bonchev–Trinajstić information content (AvgIpc) is 2.09. The molecule has 0 saturated carbocycles. The Morgan fingerprint density at radius 1 is 1.36 bits per heavy atom. The van der Waals surface area contributed by atoms with Gasteiger partial charge in [-0.3, -0.25) is 0 Å². The summed E-state index contributed by atoms with van der Waals surface area (Å²) in [5.41, 5.74) is 0.892. The van der Waals surface area contributed by atoms with Crippen molar-refractivity contribution in [1.29, 1.82) is 0 Å². The first kappa shape index (κ1) is 11.8. The van der Waals surface area contributed by atoms with Crippen LogP contribution in [0.2, 0.25) is 10.0 Å². The molecule has 2 nitrogen and oxygen atoms in total. The van der Waals surface area contributed by atoms with E-state index < -0.39 is 0 Å². The first-order valence-corrected chi connectivity index (χ1v) is 5.04. The third-order valence-electron chi connectivity index (χ3n) is 2.12. The first-order chi connectivity index (χ1) is 6.56. The smallest absolute Gasteiger partial charge is 0.0628 e. The molecular weight excluding hydrogens is 221 g/mol. The summed E-state index contributed by atoms with van der Waals surface area (Å²) in [7, 11) is 3.79. The van der Waals surface area contributed by atoms with Gasteiger partial charge >= 0.3 is 0 Å². The van der Waals surface area contributed by atoms with E-state index in [-0.39, 0.29) is 12.6 Å². The largest absolute Gasteiger partial charge is 0.394 e. The van der Waals surface area contributed by atoms with E-state index in [0.29, 0.717) is 10.0 Å². The highest BCUT2D eigenvalue weighted by Crippen LogP contribution is 2.28. The molecule has 4 heteroatoms. The molecule has 14 heavy (non-hydrogen) atoms. The molecule has 1 N–H and O–H groups in total. The van der Waals surface area contributed by atoms with Gasteiger partial charge in [0.1, 0.15) is 0 Å². The van der Waals surface area contributed by atoms with Crippen molar-refractivity contribution < 1.29 is 5.11 Å². The van der Waals surface area contributed by atoms with Crippen LogP contribution in [0.3, 0.4) is 0 Å². The van der Waals surface area contributed by atoms with Crippen LogP contribution in [0.5, 0.6) is 0 Å². The molecule has 78 valence electrons. The molecule has 0 aliphatic heterocycles. The summed E-state index contributed by atoms with van der Waals surface area (Å²) < 4.78 is 0. The van der Waals surface area contributed by atoms with Gasteiger partial charge in [-0.15, -0.1) is 0 Å². The Bertz CT molecular complexity index is 315. The van der Waals surface area contributed by atoms with Crippen molar-refractivity contribution in [3.05, 3.63) is 33.8 Å². The highest BCUT2D eigenvalue weighted by molar-refractivity contribution is 6.35. The van der Waals surface area contributed by atoms with Crippen LogP contribution < -0.4 is 0 Å². The van der Waals surface area contributed by atoms with Crippen LogP contribution in [0, 0.1) is 0 Å². The fraction of sp³-hybridized carbons (Fsp3) is 0.400. The van der Waals surface area contributed by atoms with Crippen molar-refractivity contribution in [2.24, 2.45) is 0 Å². The lowest BCUT2D eigenvalue weighted by Crippen LogP contribution is -2.23. The lowest BCUT2D eigenvalue weighted by Gasteiger charge is -2.23. The second kappa shape index (κ2) is 4.99. The van der Waals surface area contributed by atoms with E-state index >= 15 is 0 Å². The Morgan fingerprint density at radius 2 is 2.00 bits per heavy atom. The Labute approximate surface area is 94.1 Å². The van der Waals surface area contributed by atoms with Crippen molar-refractivity contribution >= 4 is 23.2 Å². The normalized spacial score (nSPS) is 13.3. The molecule has 0 saturated heterocycles. The van der Waals surface area contributed by atoms with Crippen molar-refractivity contribution in [2.75, 3.05) is 20.7 Å². The quantitative estimate of drug-likeness (QED) is 0.868. The van der Waals surface area contributed by atoms with Crippen molar-refractivity contribution in [2.45, 2.75) is 6.04 Å². The molecule has 1 aromatic rings. The van der Waals surface area contributed by atoms with E-state index in [4.69, 9.17) is 23.2 Å². The number of halogens is 2. The maximum atomic E-state index is 9.21. The monoisotopic (exact) mass is 233 g/mol. The molecule has 0 bridgehead atoms. The topological polar surface area (TPSA) is 23.5 Å². The van der Waals surface area contributed by atoms with E-state index in [0.717, 1.165) is 5.56 Å². The van der Waals surface area contributed by atoms with Crippen LogP contribution in [0.4, 0.5) is 0 Å². The van der Waals surface area contributed by atoms with E-state index in [9.17, 15) is 5.11 Å². The number of rotatable bonds is 3. The number of hydrogen-bond donors (Lipinski definition) is 1. The molecule has 0 spiro atoms. The lowest BCUT2D eigenvalue weighted by atomic mass is 10.1. The van der Waals surface area contributed by atoms with Crippen molar-refractivity contribution in [1.82, 2.24) is 4.90 Å². The average molecular weight is 234 g/mol. The number of benzene rings is 1. The zero-order valence-corrected chi connectivity index (χ0v) is 9.68. The third kappa shape index (κ3) is 2.61. The second-order valence-corrected chi connectivity index (χ2v) is 4.17. The summed E-state index contributed by atoms with van der Waals surface area (Å²) in [4.78, 5) is 1.91. The van der Waals surface area contributed by atoms with Gasteiger partial charge in [-0.2, -0.15) is 0 Å². The minimum atomic E-state index is -0.0835. The molecule has 0 aromatic heterocycles. The van der Waals surface area contributed by atoms with Crippen LogP contribution in [-0.4, -0.2) is 30.7 Å². The van der Waals surface area contributed by atoms with E-state index in [1.807, 2.05) is 25.1 Å². The summed E-state index contributed by atoms with van der Waals surface area (Å²) in [5.74, 6) is 0. The highest BCUT2D eigenvalue weighted by atomic mass is 35.5. The van der Waals surface area contributed by atoms with Crippen LogP contribution >= 0.6 is 23.2 Å². The second-order valence-electron chi connectivity index (χ2n) is 3.33. The third-order valence-corrected chi connectivity index (χ3v) is 2.68. The predicted octanol–water partition coefficient (Wildman–Crippen LogP) is 2.59. The number of nitrogens with zero attached hydrogens (tertiary/aromatic N) is 1. The molecular formula is C10H13Cl2NO. The molecule has 0 aliphatic carbocycles. The molecule has 0 radical (unpaired) electrons. The van der Waals surface area contributed by atoms with Crippen LogP contribution in [0.1, 0.15) is 11.6 Å². The number of likely N-dealkylation sites (N-methyl/N-ethyl adjacent to an activating group) is 1. The zero-order chi connectivity index (χ0) is 10.7. The maximum absolute atomic E-state index is 9.21. The van der Waals surface area contributed by atoms with Gasteiger partial charge in [-0.1, -0.05) is 29.3 Å². The Balaban J connectivity index is 3.04. The maximum Gasteiger partial charge on any atom is 0.0628 e. The van der Waals surface area contributed by atoms with Gasteiger partial charge in [-0.25, -0.2) is 0 Å². The zero-order valence-electron chi connectivity index (χ0n) is 8.17. The first-order valence-electron chi connectivity index (χ1n) is 4.28. The standard InChI is InChI=1S/C10H13Cl2NO/c1-13(2)10(6-14)8-4-3-7(11)5-9(8)12/h3-5,10,14H,6H2,1-2H3. The molecule has 0 aliphatic rings. The predicted molar refractivity (Wildman–Crippen MR) is 60.0 cm³/mol. The molecule has 1 aromatic carbocycles. The van der Waals surface area contributed by atoms with E-state index in [1.54, 1.807) is 12.1 Å². The van der Waals surface area contributed by atoms with Gasteiger partial charge in [0, 0.05) is 10.0 Å². The van der Waals surface area contributed by atoms with Crippen LogP contribution in [0.15, 0.2) is 18.2 Å². The number of hydrogen-bond acceptors (Lipinski definition) is 2. The van der Waals surface area contributed by atoms with Gasteiger partial charge < -0.3 is 10.0 Å². The van der Waals surface area contributed by atoms with E-state index in [1.165, 1.54) is 0 Å². The van der Waals surface area contributed by atoms with Crippen LogP contribution in [0.25, 0.3) is 0 Å². The van der Waals surface area contributed by atoms with Gasteiger partial charge in [0.05, 0.1) is 12.6 Å². The molecule has 0 fully saturated rings. The minimum absolute atomic E-state index is 0.0361. The van der Waals surface area contributed by atoms with E-state index in [2.05, 4.69) is 0 Å². The molecule has 1 unspecified atom stereocenters. The molecule has 0 amide bonds. The van der Waals surface area contributed by atoms with Gasteiger partial charge in [0.15, 0.2) is 0 Å². The Hall–Kier alpha value is -0.280. The molecule has 1 atom stereocenters. The summed E-state index contributed by atoms with van der Waals surface area (Å²) >= 11 is 11.8. The molecule has 1 rings (SSSR count). The summed E-state index contributed by atoms with van der Waals surface area (Å²) in [6.07, 6.45) is 0. The summed E-state index contributed by atoms with van der Waals surface area (Å²) in [5, 5.41) is 10.4. The van der Waals surface area contributed by atoms with Crippen molar-refractivity contribution in [3.63, 3.8) is 0 Å². The van der Waals surface area contributed by atoms with Gasteiger partial charge in [-0.05, 0) is 31.8 Å². The summed E-state index contributed by atoms with van der Waals surface area (Å²) in [6, 6.07) is 5.21. The van der Waals surface area contributed by atoms with Crippen molar-refractivity contribution in [3.8, 4) is 0 Å². The van der Waals surface area contributed by atoms with Gasteiger partial charge in [0.2, 0.25) is 0 Å². The Morgan fingerprint density at radius 3 is 2.43 bits per heavy atom.